The fraction of sp³-hybridized carbons (Fsp3) is 0.368. The van der Waals surface area contributed by atoms with Gasteiger partial charge in [0.05, 0.1) is 17.6 Å². The molecule has 1 atom stereocenters. The van der Waals surface area contributed by atoms with Gasteiger partial charge in [-0.1, -0.05) is 32.9 Å². The van der Waals surface area contributed by atoms with Gasteiger partial charge in [0.15, 0.2) is 5.72 Å². The largest absolute Gasteiger partial charge is 0.369 e. The summed E-state index contributed by atoms with van der Waals surface area (Å²) in [4.78, 5) is 17.7. The Balaban J connectivity index is 2.08. The molecular formula is C19H21N3O2S. The molecule has 130 valence electrons. The molecule has 0 saturated carbocycles. The van der Waals surface area contributed by atoms with E-state index in [0.29, 0.717) is 28.3 Å². The maximum absolute atomic E-state index is 13.2. The van der Waals surface area contributed by atoms with Crippen molar-refractivity contribution in [2.24, 2.45) is 5.41 Å². The quantitative estimate of drug-likeness (QED) is 0.700. The molecule has 0 radical (unpaired) electrons. The number of fused-ring (bicyclic) bond motifs is 3. The molecule has 3 aromatic rings. The van der Waals surface area contributed by atoms with Gasteiger partial charge in [-0.3, -0.25) is 4.79 Å². The lowest BCUT2D eigenvalue weighted by molar-refractivity contribution is -0.0343. The summed E-state index contributed by atoms with van der Waals surface area (Å²) >= 11 is 1.45. The molecule has 0 fully saturated rings. The Bertz CT molecular complexity index is 1040. The predicted molar refractivity (Wildman–Crippen MR) is 102 cm³/mol. The van der Waals surface area contributed by atoms with Gasteiger partial charge in [0.2, 0.25) is 5.43 Å². The molecule has 1 aliphatic heterocycles. The summed E-state index contributed by atoms with van der Waals surface area (Å²) in [7, 11) is 0. The van der Waals surface area contributed by atoms with E-state index < -0.39 is 11.1 Å². The number of aliphatic hydroxyl groups is 1. The van der Waals surface area contributed by atoms with E-state index in [0.717, 1.165) is 11.2 Å². The van der Waals surface area contributed by atoms with Crippen molar-refractivity contribution in [1.82, 2.24) is 9.55 Å². The Morgan fingerprint density at radius 1 is 1.32 bits per heavy atom. The van der Waals surface area contributed by atoms with Crippen molar-refractivity contribution >= 4 is 28.1 Å². The zero-order valence-corrected chi connectivity index (χ0v) is 15.6. The number of para-hydroxylation sites is 1. The van der Waals surface area contributed by atoms with E-state index in [1.165, 1.54) is 11.3 Å². The Morgan fingerprint density at radius 3 is 2.68 bits per heavy atom. The van der Waals surface area contributed by atoms with Gasteiger partial charge in [-0.25, -0.2) is 4.98 Å². The molecular weight excluding hydrogens is 334 g/mol. The number of aryl methyl sites for hydroxylation is 1. The summed E-state index contributed by atoms with van der Waals surface area (Å²) in [5, 5.41) is 17.7. The van der Waals surface area contributed by atoms with Crippen LogP contribution in [0.1, 0.15) is 26.5 Å². The van der Waals surface area contributed by atoms with Crippen molar-refractivity contribution in [3.05, 3.63) is 45.6 Å². The van der Waals surface area contributed by atoms with E-state index in [1.807, 2.05) is 61.9 Å². The number of anilines is 1. The minimum absolute atomic E-state index is 0.0538. The summed E-state index contributed by atoms with van der Waals surface area (Å²) in [6.45, 7) is 8.25. The number of hydrogen-bond acceptors (Lipinski definition) is 5. The predicted octanol–water partition coefficient (Wildman–Crippen LogP) is 3.59. The monoisotopic (exact) mass is 355 g/mol. The second-order valence-corrected chi connectivity index (χ2v) is 8.54. The van der Waals surface area contributed by atoms with Crippen LogP contribution < -0.4 is 10.7 Å². The van der Waals surface area contributed by atoms with Crippen LogP contribution >= 0.6 is 11.3 Å². The van der Waals surface area contributed by atoms with Crippen molar-refractivity contribution in [1.29, 1.82) is 0 Å². The Morgan fingerprint density at radius 2 is 2.04 bits per heavy atom. The highest BCUT2D eigenvalue weighted by atomic mass is 32.1. The molecule has 0 spiro atoms. The minimum Gasteiger partial charge on any atom is -0.369 e. The highest BCUT2D eigenvalue weighted by Gasteiger charge is 2.46. The molecule has 2 aromatic heterocycles. The van der Waals surface area contributed by atoms with E-state index in [1.54, 1.807) is 0 Å². The number of hydrogen-bond donors (Lipinski definition) is 2. The molecule has 0 saturated heterocycles. The summed E-state index contributed by atoms with van der Waals surface area (Å²) in [6.07, 6.45) is 0. The zero-order valence-electron chi connectivity index (χ0n) is 14.8. The van der Waals surface area contributed by atoms with E-state index >= 15 is 0 Å². The van der Waals surface area contributed by atoms with Crippen LogP contribution in [0.5, 0.6) is 0 Å². The van der Waals surface area contributed by atoms with Crippen LogP contribution in [0.4, 0.5) is 5.82 Å². The van der Waals surface area contributed by atoms with Gasteiger partial charge in [-0.15, -0.1) is 11.3 Å². The lowest BCUT2D eigenvalue weighted by Crippen LogP contribution is -2.48. The van der Waals surface area contributed by atoms with Crippen LogP contribution in [0.2, 0.25) is 0 Å². The third kappa shape index (κ3) is 2.32. The lowest BCUT2D eigenvalue weighted by atomic mass is 9.83. The van der Waals surface area contributed by atoms with E-state index in [-0.39, 0.29) is 5.43 Å². The highest BCUT2D eigenvalue weighted by molar-refractivity contribution is 7.13. The van der Waals surface area contributed by atoms with Crippen molar-refractivity contribution < 1.29 is 5.11 Å². The van der Waals surface area contributed by atoms with Crippen LogP contribution in [-0.4, -0.2) is 20.4 Å². The third-order valence-electron chi connectivity index (χ3n) is 4.96. The average molecular weight is 355 g/mol. The summed E-state index contributed by atoms with van der Waals surface area (Å²) in [5.41, 5.74) is 0.651. The number of pyridine rings is 1. The number of nitrogens with zero attached hydrogens (tertiary/aromatic N) is 2. The van der Waals surface area contributed by atoms with E-state index in [2.05, 4.69) is 10.3 Å². The van der Waals surface area contributed by atoms with Gasteiger partial charge in [0, 0.05) is 21.9 Å². The molecule has 0 aliphatic carbocycles. The molecule has 1 unspecified atom stereocenters. The van der Waals surface area contributed by atoms with Crippen LogP contribution in [0.3, 0.4) is 0 Å². The van der Waals surface area contributed by atoms with Crippen molar-refractivity contribution in [3.63, 3.8) is 0 Å². The van der Waals surface area contributed by atoms with Gasteiger partial charge in [0.1, 0.15) is 10.8 Å². The summed E-state index contributed by atoms with van der Waals surface area (Å²) < 4.78 is 2.01. The normalized spacial score (nSPS) is 19.9. The second-order valence-electron chi connectivity index (χ2n) is 7.69. The highest BCUT2D eigenvalue weighted by Crippen LogP contribution is 2.43. The fourth-order valence-corrected chi connectivity index (χ4v) is 4.09. The minimum atomic E-state index is -1.14. The third-order valence-corrected chi connectivity index (χ3v) is 5.94. The number of aromatic nitrogens is 2. The first-order valence-electron chi connectivity index (χ1n) is 8.30. The number of benzene rings is 1. The van der Waals surface area contributed by atoms with Crippen molar-refractivity contribution in [3.8, 4) is 10.6 Å². The molecule has 5 nitrogen and oxygen atoms in total. The molecule has 1 aromatic carbocycles. The maximum atomic E-state index is 13.2. The molecule has 0 amide bonds. The Kier molecular flexibility index (Phi) is 3.36. The number of thiazole rings is 1. The summed E-state index contributed by atoms with van der Waals surface area (Å²) in [6, 6.07) is 7.54. The van der Waals surface area contributed by atoms with Gasteiger partial charge in [0.25, 0.3) is 0 Å². The Hall–Kier alpha value is -2.18. The standard InChI is InChI=1S/C19H21N3O2S/c1-11-9-25-17(20-11)14-15(23)12-7-5-6-8-13(12)22-10-19(24,18(2,3)4)21-16(14)22/h5-9,21,24H,10H2,1-4H3. The first-order valence-corrected chi connectivity index (χ1v) is 9.18. The number of nitrogens with one attached hydrogen (secondary N) is 1. The van der Waals surface area contributed by atoms with Gasteiger partial charge < -0.3 is 15.0 Å². The number of rotatable bonds is 1. The van der Waals surface area contributed by atoms with Gasteiger partial charge in [-0.2, -0.15) is 0 Å². The van der Waals surface area contributed by atoms with Gasteiger partial charge >= 0.3 is 0 Å². The van der Waals surface area contributed by atoms with Crippen LogP contribution in [0.25, 0.3) is 21.5 Å². The van der Waals surface area contributed by atoms with Crippen molar-refractivity contribution in [2.75, 3.05) is 5.32 Å². The first-order chi connectivity index (χ1) is 11.7. The fourth-order valence-electron chi connectivity index (χ4n) is 3.25. The van der Waals surface area contributed by atoms with Crippen LogP contribution in [0.15, 0.2) is 34.4 Å². The molecule has 1 aliphatic rings. The zero-order chi connectivity index (χ0) is 18.0. The molecule has 0 bridgehead atoms. The van der Waals surface area contributed by atoms with E-state index in [9.17, 15) is 9.90 Å². The smallest absolute Gasteiger partial charge is 0.201 e. The SMILES string of the molecule is Cc1csc(-c2c3n(c4ccccc4c2=O)CC(O)(C(C)(C)C)N3)n1. The van der Waals surface area contributed by atoms with Gasteiger partial charge in [-0.05, 0) is 19.1 Å². The van der Waals surface area contributed by atoms with E-state index in [4.69, 9.17) is 0 Å². The maximum Gasteiger partial charge on any atom is 0.201 e. The first kappa shape index (κ1) is 16.3. The topological polar surface area (TPSA) is 67.2 Å². The molecule has 2 N–H and O–H groups in total. The molecule has 3 heterocycles. The molecule has 4 rings (SSSR count). The molecule has 25 heavy (non-hydrogen) atoms. The van der Waals surface area contributed by atoms with Crippen LogP contribution in [-0.2, 0) is 6.54 Å². The average Bonchev–Trinajstić information content (AvgIpc) is 3.12. The second kappa shape index (κ2) is 5.16. The molecule has 6 heteroatoms. The van der Waals surface area contributed by atoms with Crippen molar-refractivity contribution in [2.45, 2.75) is 40.0 Å². The lowest BCUT2D eigenvalue weighted by Gasteiger charge is -2.36. The Labute approximate surface area is 150 Å². The summed E-state index contributed by atoms with van der Waals surface area (Å²) in [5.74, 6) is 0.649. The van der Waals surface area contributed by atoms with Crippen LogP contribution in [0, 0.1) is 12.3 Å².